The standard InChI is InChI=1S/C29H30N2O2/c1-22(32-28-13-11-24-7-3-5-9-26(24)17-28)19-30-15-16-31(21-30)20-23(2)33-29-14-12-25-8-4-6-10-27(25)18-29/h3-18,22-23H,19-21H2,1-2H3. The Hall–Kier alpha value is -3.66. The summed E-state index contributed by atoms with van der Waals surface area (Å²) in [6, 6.07) is 29.3. The number of hydrogen-bond donors (Lipinski definition) is 0. The molecule has 168 valence electrons. The second-order valence-electron chi connectivity index (χ2n) is 8.86. The minimum atomic E-state index is 0.0852. The van der Waals surface area contributed by atoms with Crippen molar-refractivity contribution < 1.29 is 9.47 Å². The molecule has 5 rings (SSSR count). The molecule has 1 aliphatic rings. The van der Waals surface area contributed by atoms with Gasteiger partial charge in [-0.05, 0) is 59.7 Å². The van der Waals surface area contributed by atoms with E-state index in [1.807, 2.05) is 0 Å². The lowest BCUT2D eigenvalue weighted by molar-refractivity contribution is 0.132. The van der Waals surface area contributed by atoms with Gasteiger partial charge in [0, 0.05) is 12.4 Å². The Kier molecular flexibility index (Phi) is 6.07. The molecule has 0 N–H and O–H groups in total. The summed E-state index contributed by atoms with van der Waals surface area (Å²) in [4.78, 5) is 4.57. The van der Waals surface area contributed by atoms with Gasteiger partial charge in [0.05, 0.1) is 19.8 Å². The summed E-state index contributed by atoms with van der Waals surface area (Å²) in [5.41, 5.74) is 0. The van der Waals surface area contributed by atoms with Crippen molar-refractivity contribution in [3.05, 3.63) is 97.3 Å². The maximum Gasteiger partial charge on any atom is 0.120 e. The second kappa shape index (κ2) is 9.45. The molecule has 2 atom stereocenters. The highest BCUT2D eigenvalue weighted by Crippen LogP contribution is 2.23. The third-order valence-electron chi connectivity index (χ3n) is 5.95. The molecule has 0 saturated carbocycles. The predicted molar refractivity (Wildman–Crippen MR) is 135 cm³/mol. The molecule has 1 heterocycles. The van der Waals surface area contributed by atoms with E-state index in [0.717, 1.165) is 31.3 Å². The van der Waals surface area contributed by atoms with E-state index in [1.165, 1.54) is 21.5 Å². The zero-order chi connectivity index (χ0) is 22.6. The van der Waals surface area contributed by atoms with Gasteiger partial charge in [0.2, 0.25) is 0 Å². The van der Waals surface area contributed by atoms with Crippen molar-refractivity contribution >= 4 is 21.5 Å². The van der Waals surface area contributed by atoms with Crippen molar-refractivity contribution in [3.63, 3.8) is 0 Å². The van der Waals surface area contributed by atoms with Crippen molar-refractivity contribution in [3.8, 4) is 11.5 Å². The summed E-state index contributed by atoms with van der Waals surface area (Å²) in [6.07, 6.45) is 4.45. The van der Waals surface area contributed by atoms with Gasteiger partial charge < -0.3 is 19.3 Å². The van der Waals surface area contributed by atoms with Crippen LogP contribution in [0.5, 0.6) is 11.5 Å². The molecule has 0 fully saturated rings. The van der Waals surface area contributed by atoms with Crippen LogP contribution in [-0.4, -0.2) is 41.8 Å². The first-order valence-electron chi connectivity index (χ1n) is 11.6. The SMILES string of the molecule is CC(CN1C=CN(CC(C)Oc2ccc3ccccc3c2)C1)Oc1ccc2ccccc2c1. The lowest BCUT2D eigenvalue weighted by Gasteiger charge is -2.26. The van der Waals surface area contributed by atoms with E-state index in [0.29, 0.717) is 0 Å². The molecular weight excluding hydrogens is 408 g/mol. The predicted octanol–water partition coefficient (Wildman–Crippen LogP) is 6.27. The smallest absolute Gasteiger partial charge is 0.120 e. The number of nitrogens with zero attached hydrogens (tertiary/aromatic N) is 2. The van der Waals surface area contributed by atoms with Gasteiger partial charge in [-0.1, -0.05) is 60.7 Å². The van der Waals surface area contributed by atoms with Crippen LogP contribution in [0.15, 0.2) is 97.3 Å². The summed E-state index contributed by atoms with van der Waals surface area (Å²) < 4.78 is 12.4. The number of ether oxygens (including phenoxy) is 2. The van der Waals surface area contributed by atoms with Crippen molar-refractivity contribution in [1.82, 2.24) is 9.80 Å². The summed E-state index contributed by atoms with van der Waals surface area (Å²) >= 11 is 0. The Bertz CT molecular complexity index is 1170. The second-order valence-corrected chi connectivity index (χ2v) is 8.86. The molecular formula is C29H30N2O2. The van der Waals surface area contributed by atoms with Crippen LogP contribution in [-0.2, 0) is 0 Å². The minimum Gasteiger partial charge on any atom is -0.489 e. The Balaban J connectivity index is 1.10. The first kappa shape index (κ1) is 21.2. The van der Waals surface area contributed by atoms with Crippen LogP contribution in [0.25, 0.3) is 21.5 Å². The van der Waals surface area contributed by atoms with Gasteiger partial charge in [0.25, 0.3) is 0 Å². The summed E-state index contributed by atoms with van der Waals surface area (Å²) in [7, 11) is 0. The van der Waals surface area contributed by atoms with Gasteiger partial charge in [-0.15, -0.1) is 0 Å². The minimum absolute atomic E-state index is 0.0852. The Morgan fingerprint density at radius 2 is 1.03 bits per heavy atom. The lowest BCUT2D eigenvalue weighted by atomic mass is 10.1. The maximum absolute atomic E-state index is 6.20. The molecule has 4 aromatic rings. The monoisotopic (exact) mass is 438 g/mol. The van der Waals surface area contributed by atoms with Crippen LogP contribution in [0, 0.1) is 0 Å². The fourth-order valence-corrected chi connectivity index (χ4v) is 4.43. The summed E-state index contributed by atoms with van der Waals surface area (Å²) in [6.45, 7) is 6.75. The van der Waals surface area contributed by atoms with Crippen LogP contribution >= 0.6 is 0 Å². The summed E-state index contributed by atoms with van der Waals surface area (Å²) in [5.74, 6) is 1.83. The fraction of sp³-hybridized carbons (Fsp3) is 0.241. The fourth-order valence-electron chi connectivity index (χ4n) is 4.43. The first-order valence-corrected chi connectivity index (χ1v) is 11.6. The van der Waals surface area contributed by atoms with E-state index in [4.69, 9.17) is 9.47 Å². The molecule has 4 nitrogen and oxygen atoms in total. The Morgan fingerprint density at radius 3 is 1.48 bits per heavy atom. The molecule has 0 bridgehead atoms. The van der Waals surface area contributed by atoms with Crippen LogP contribution < -0.4 is 9.47 Å². The van der Waals surface area contributed by atoms with Crippen LogP contribution in [0.3, 0.4) is 0 Å². The molecule has 2 unspecified atom stereocenters. The Morgan fingerprint density at radius 1 is 0.606 bits per heavy atom. The first-order chi connectivity index (χ1) is 16.1. The van der Waals surface area contributed by atoms with Crippen molar-refractivity contribution in [2.45, 2.75) is 26.1 Å². The van der Waals surface area contributed by atoms with Crippen molar-refractivity contribution in [2.75, 3.05) is 19.8 Å². The summed E-state index contributed by atoms with van der Waals surface area (Å²) in [5, 5.41) is 4.87. The van der Waals surface area contributed by atoms with Gasteiger partial charge in [-0.3, -0.25) is 0 Å². The molecule has 1 aliphatic heterocycles. The van der Waals surface area contributed by atoms with E-state index < -0.39 is 0 Å². The Labute approximate surface area is 195 Å². The number of fused-ring (bicyclic) bond motifs is 2. The molecule has 0 aromatic heterocycles. The third-order valence-corrected chi connectivity index (χ3v) is 5.95. The van der Waals surface area contributed by atoms with Crippen LogP contribution in [0.1, 0.15) is 13.8 Å². The molecule has 0 radical (unpaired) electrons. The van der Waals surface area contributed by atoms with Gasteiger partial charge in [0.15, 0.2) is 0 Å². The van der Waals surface area contributed by atoms with E-state index in [9.17, 15) is 0 Å². The molecule has 4 aromatic carbocycles. The van der Waals surface area contributed by atoms with Gasteiger partial charge >= 0.3 is 0 Å². The average molecular weight is 439 g/mol. The van der Waals surface area contributed by atoms with Gasteiger partial charge in [0.1, 0.15) is 23.7 Å². The zero-order valence-corrected chi connectivity index (χ0v) is 19.2. The van der Waals surface area contributed by atoms with E-state index in [-0.39, 0.29) is 12.2 Å². The van der Waals surface area contributed by atoms with E-state index >= 15 is 0 Å². The molecule has 0 spiro atoms. The third kappa shape index (κ3) is 5.23. The average Bonchev–Trinajstić information content (AvgIpc) is 3.25. The van der Waals surface area contributed by atoms with Crippen molar-refractivity contribution in [2.24, 2.45) is 0 Å². The highest BCUT2D eigenvalue weighted by atomic mass is 16.5. The highest BCUT2D eigenvalue weighted by Gasteiger charge is 2.18. The number of hydrogen-bond acceptors (Lipinski definition) is 4. The van der Waals surface area contributed by atoms with E-state index in [1.54, 1.807) is 0 Å². The van der Waals surface area contributed by atoms with Crippen molar-refractivity contribution in [1.29, 1.82) is 0 Å². The largest absolute Gasteiger partial charge is 0.489 e. The van der Waals surface area contributed by atoms with E-state index in [2.05, 4.69) is 121 Å². The van der Waals surface area contributed by atoms with Gasteiger partial charge in [-0.25, -0.2) is 0 Å². The zero-order valence-electron chi connectivity index (χ0n) is 19.2. The quantitative estimate of drug-likeness (QED) is 0.323. The number of rotatable bonds is 8. The highest BCUT2D eigenvalue weighted by molar-refractivity contribution is 5.84. The molecule has 0 amide bonds. The molecule has 0 saturated heterocycles. The topological polar surface area (TPSA) is 24.9 Å². The molecule has 4 heteroatoms. The lowest BCUT2D eigenvalue weighted by Crippen LogP contribution is -2.36. The number of benzene rings is 4. The molecule has 33 heavy (non-hydrogen) atoms. The van der Waals surface area contributed by atoms with Gasteiger partial charge in [-0.2, -0.15) is 0 Å². The normalized spacial score (nSPS) is 15.2. The van der Waals surface area contributed by atoms with Crippen LogP contribution in [0.4, 0.5) is 0 Å². The van der Waals surface area contributed by atoms with Crippen LogP contribution in [0.2, 0.25) is 0 Å². The maximum atomic E-state index is 6.20. The molecule has 0 aliphatic carbocycles.